The van der Waals surface area contributed by atoms with Gasteiger partial charge in [-0.25, -0.2) is 4.98 Å². The van der Waals surface area contributed by atoms with Crippen LogP contribution in [-0.2, 0) is 9.59 Å². The van der Waals surface area contributed by atoms with E-state index in [9.17, 15) is 9.59 Å². The van der Waals surface area contributed by atoms with E-state index >= 15 is 0 Å². The smallest absolute Gasteiger partial charge is 0.228 e. The standard InChI is InChI=1S/C18H17N3O2S/c1-12(22)19-15(13-7-3-2-4-8-13)11-17(23)21-18-20-14-9-5-6-10-16(14)24-18/h2-10,15H,11H2,1H3,(H,19,22)(H,20,21,23)/t15-/m1/s1. The topological polar surface area (TPSA) is 71.1 Å². The molecule has 6 heteroatoms. The van der Waals surface area contributed by atoms with Crippen molar-refractivity contribution in [1.82, 2.24) is 10.3 Å². The quantitative estimate of drug-likeness (QED) is 0.747. The number of carbonyl (C=O) groups is 2. The Bertz CT molecular complexity index is 828. The molecule has 1 atom stereocenters. The summed E-state index contributed by atoms with van der Waals surface area (Å²) < 4.78 is 1.02. The number of para-hydroxylation sites is 1. The van der Waals surface area contributed by atoms with Gasteiger partial charge in [0.2, 0.25) is 11.8 Å². The van der Waals surface area contributed by atoms with Gasteiger partial charge in [-0.05, 0) is 17.7 Å². The minimum Gasteiger partial charge on any atom is -0.349 e. The molecule has 0 fully saturated rings. The van der Waals surface area contributed by atoms with Gasteiger partial charge in [0.05, 0.1) is 22.7 Å². The molecule has 3 aromatic rings. The van der Waals surface area contributed by atoms with Crippen molar-refractivity contribution >= 4 is 38.5 Å². The Labute approximate surface area is 143 Å². The first-order chi connectivity index (χ1) is 11.6. The summed E-state index contributed by atoms with van der Waals surface area (Å²) in [7, 11) is 0. The maximum absolute atomic E-state index is 12.4. The van der Waals surface area contributed by atoms with Crippen LogP contribution in [0, 0.1) is 0 Å². The molecule has 1 heterocycles. The number of benzene rings is 2. The van der Waals surface area contributed by atoms with Crippen LogP contribution in [0.3, 0.4) is 0 Å². The van der Waals surface area contributed by atoms with Gasteiger partial charge in [0.25, 0.3) is 0 Å². The van der Waals surface area contributed by atoms with E-state index in [0.717, 1.165) is 15.8 Å². The third-order valence-corrected chi connectivity index (χ3v) is 4.46. The predicted molar refractivity (Wildman–Crippen MR) is 95.9 cm³/mol. The third-order valence-electron chi connectivity index (χ3n) is 3.51. The molecule has 2 aromatic carbocycles. The zero-order valence-corrected chi connectivity index (χ0v) is 14.0. The second-order valence-electron chi connectivity index (χ2n) is 5.40. The lowest BCUT2D eigenvalue weighted by Crippen LogP contribution is -2.29. The molecule has 0 radical (unpaired) electrons. The van der Waals surface area contributed by atoms with Gasteiger partial charge in [-0.1, -0.05) is 53.8 Å². The lowest BCUT2D eigenvalue weighted by Gasteiger charge is -2.17. The number of nitrogens with one attached hydrogen (secondary N) is 2. The Morgan fingerprint density at radius 2 is 1.79 bits per heavy atom. The molecule has 0 aliphatic carbocycles. The number of fused-ring (bicyclic) bond motifs is 1. The molecule has 122 valence electrons. The highest BCUT2D eigenvalue weighted by molar-refractivity contribution is 7.22. The molecule has 0 aliphatic heterocycles. The van der Waals surface area contributed by atoms with E-state index in [4.69, 9.17) is 0 Å². The second-order valence-corrected chi connectivity index (χ2v) is 6.43. The number of thiazole rings is 1. The Kier molecular flexibility index (Phi) is 4.86. The highest BCUT2D eigenvalue weighted by Crippen LogP contribution is 2.26. The molecule has 0 aliphatic rings. The summed E-state index contributed by atoms with van der Waals surface area (Å²) in [6, 6.07) is 16.8. The van der Waals surface area contributed by atoms with E-state index in [-0.39, 0.29) is 24.3 Å². The summed E-state index contributed by atoms with van der Waals surface area (Å²) in [5.41, 5.74) is 1.76. The molecule has 0 saturated carbocycles. The fraction of sp³-hybridized carbons (Fsp3) is 0.167. The van der Waals surface area contributed by atoms with Crippen LogP contribution in [-0.4, -0.2) is 16.8 Å². The van der Waals surface area contributed by atoms with Crippen LogP contribution in [0.2, 0.25) is 0 Å². The van der Waals surface area contributed by atoms with Gasteiger partial charge < -0.3 is 10.6 Å². The average Bonchev–Trinajstić information content (AvgIpc) is 2.96. The summed E-state index contributed by atoms with van der Waals surface area (Å²) in [5, 5.41) is 6.21. The van der Waals surface area contributed by atoms with Crippen molar-refractivity contribution < 1.29 is 9.59 Å². The summed E-state index contributed by atoms with van der Waals surface area (Å²) >= 11 is 1.43. The van der Waals surface area contributed by atoms with Gasteiger partial charge in [0.15, 0.2) is 5.13 Å². The maximum Gasteiger partial charge on any atom is 0.228 e. The monoisotopic (exact) mass is 339 g/mol. The summed E-state index contributed by atoms with van der Waals surface area (Å²) in [6.45, 7) is 1.45. The van der Waals surface area contributed by atoms with E-state index in [1.165, 1.54) is 18.3 Å². The van der Waals surface area contributed by atoms with Gasteiger partial charge in [0, 0.05) is 6.92 Å². The molecular formula is C18H17N3O2S. The van der Waals surface area contributed by atoms with Crippen LogP contribution in [0.1, 0.15) is 24.9 Å². The summed E-state index contributed by atoms with van der Waals surface area (Å²) in [5.74, 6) is -0.353. The normalized spacial score (nSPS) is 11.9. The van der Waals surface area contributed by atoms with Gasteiger partial charge in [-0.15, -0.1) is 0 Å². The van der Waals surface area contributed by atoms with E-state index in [1.807, 2.05) is 54.6 Å². The van der Waals surface area contributed by atoms with Gasteiger partial charge >= 0.3 is 0 Å². The number of amides is 2. The molecule has 0 unspecified atom stereocenters. The Morgan fingerprint density at radius 1 is 1.08 bits per heavy atom. The Balaban J connectivity index is 1.72. The lowest BCUT2D eigenvalue weighted by atomic mass is 10.0. The maximum atomic E-state index is 12.4. The third kappa shape index (κ3) is 3.97. The lowest BCUT2D eigenvalue weighted by molar-refractivity contribution is -0.120. The molecular weight excluding hydrogens is 322 g/mol. The van der Waals surface area contributed by atoms with Crippen molar-refractivity contribution in [3.63, 3.8) is 0 Å². The average molecular weight is 339 g/mol. The van der Waals surface area contributed by atoms with Crippen molar-refractivity contribution in [2.24, 2.45) is 0 Å². The SMILES string of the molecule is CC(=O)N[C@H](CC(=O)Nc1nc2ccccc2s1)c1ccccc1. The van der Waals surface area contributed by atoms with Gasteiger partial charge in [-0.3, -0.25) is 9.59 Å². The van der Waals surface area contributed by atoms with Crippen LogP contribution in [0.4, 0.5) is 5.13 Å². The number of anilines is 1. The van der Waals surface area contributed by atoms with Crippen molar-refractivity contribution in [3.05, 3.63) is 60.2 Å². The fourth-order valence-electron chi connectivity index (χ4n) is 2.46. The van der Waals surface area contributed by atoms with Crippen molar-refractivity contribution in [2.75, 3.05) is 5.32 Å². The first-order valence-electron chi connectivity index (χ1n) is 7.59. The molecule has 5 nitrogen and oxygen atoms in total. The van der Waals surface area contributed by atoms with Crippen LogP contribution < -0.4 is 10.6 Å². The van der Waals surface area contributed by atoms with Crippen LogP contribution in [0.5, 0.6) is 0 Å². The Morgan fingerprint density at radius 3 is 2.50 bits per heavy atom. The zero-order chi connectivity index (χ0) is 16.9. The van der Waals surface area contributed by atoms with Gasteiger partial charge in [0.1, 0.15) is 0 Å². The number of hydrogen-bond acceptors (Lipinski definition) is 4. The molecule has 0 spiro atoms. The minimum absolute atomic E-state index is 0.152. The van der Waals surface area contributed by atoms with Crippen molar-refractivity contribution in [2.45, 2.75) is 19.4 Å². The number of nitrogens with zero attached hydrogens (tertiary/aromatic N) is 1. The van der Waals surface area contributed by atoms with Crippen molar-refractivity contribution in [3.8, 4) is 0 Å². The van der Waals surface area contributed by atoms with Crippen molar-refractivity contribution in [1.29, 1.82) is 0 Å². The number of aromatic nitrogens is 1. The molecule has 2 N–H and O–H groups in total. The largest absolute Gasteiger partial charge is 0.349 e. The second kappa shape index (κ2) is 7.23. The highest BCUT2D eigenvalue weighted by atomic mass is 32.1. The van der Waals surface area contributed by atoms with E-state index in [1.54, 1.807) is 0 Å². The summed E-state index contributed by atoms with van der Waals surface area (Å²) in [4.78, 5) is 28.2. The summed E-state index contributed by atoms with van der Waals surface area (Å²) in [6.07, 6.45) is 0.152. The van der Waals surface area contributed by atoms with E-state index in [2.05, 4.69) is 15.6 Å². The first kappa shape index (κ1) is 16.1. The predicted octanol–water partition coefficient (Wildman–Crippen LogP) is 3.50. The first-order valence-corrected chi connectivity index (χ1v) is 8.41. The van der Waals surface area contributed by atoms with Crippen LogP contribution >= 0.6 is 11.3 Å². The molecule has 1 aromatic heterocycles. The minimum atomic E-state index is -0.363. The number of rotatable bonds is 5. The zero-order valence-electron chi connectivity index (χ0n) is 13.2. The van der Waals surface area contributed by atoms with Gasteiger partial charge in [-0.2, -0.15) is 0 Å². The molecule has 3 rings (SSSR count). The highest BCUT2D eigenvalue weighted by Gasteiger charge is 2.18. The van der Waals surface area contributed by atoms with E-state index < -0.39 is 0 Å². The number of hydrogen-bond donors (Lipinski definition) is 2. The molecule has 0 bridgehead atoms. The number of carbonyl (C=O) groups excluding carboxylic acids is 2. The van der Waals surface area contributed by atoms with Crippen LogP contribution in [0.15, 0.2) is 54.6 Å². The van der Waals surface area contributed by atoms with E-state index in [0.29, 0.717) is 5.13 Å². The molecule has 2 amide bonds. The molecule has 0 saturated heterocycles. The fourth-order valence-corrected chi connectivity index (χ4v) is 3.35. The van der Waals surface area contributed by atoms with Crippen LogP contribution in [0.25, 0.3) is 10.2 Å². The molecule has 24 heavy (non-hydrogen) atoms. The Hall–Kier alpha value is -2.73.